The van der Waals surface area contributed by atoms with Gasteiger partial charge in [0.2, 0.25) is 0 Å². The van der Waals surface area contributed by atoms with Crippen LogP contribution in [0.1, 0.15) is 38.4 Å². The Balaban J connectivity index is 2.53. The monoisotopic (exact) mass is 168 g/mol. The molecule has 0 saturated heterocycles. The van der Waals surface area contributed by atoms with Gasteiger partial charge in [-0.25, -0.2) is 0 Å². The molecule has 1 aromatic heterocycles. The lowest BCUT2D eigenvalue weighted by Gasteiger charge is -2.16. The van der Waals surface area contributed by atoms with E-state index in [1.807, 2.05) is 0 Å². The van der Waals surface area contributed by atoms with Gasteiger partial charge in [0.05, 0.1) is 17.9 Å². The lowest BCUT2D eigenvalue weighted by atomic mass is 9.96. The quantitative estimate of drug-likeness (QED) is 0.710. The topological polar surface area (TPSA) is 67.6 Å². The Bertz CT molecular complexity index is 207. The summed E-state index contributed by atoms with van der Waals surface area (Å²) in [5.74, 6) is 0.472. The van der Waals surface area contributed by atoms with Crippen LogP contribution in [0.25, 0.3) is 0 Å². The van der Waals surface area contributed by atoms with Crippen molar-refractivity contribution in [2.24, 2.45) is 11.7 Å². The van der Waals surface area contributed by atoms with E-state index in [1.165, 1.54) is 0 Å². The summed E-state index contributed by atoms with van der Waals surface area (Å²) in [6.07, 6.45) is 3.98. The van der Waals surface area contributed by atoms with E-state index in [1.54, 1.807) is 6.20 Å². The van der Waals surface area contributed by atoms with Crippen molar-refractivity contribution in [1.29, 1.82) is 0 Å². The zero-order valence-electron chi connectivity index (χ0n) is 7.62. The molecule has 2 unspecified atom stereocenters. The summed E-state index contributed by atoms with van der Waals surface area (Å²) in [5, 5.41) is 10.3. The van der Waals surface area contributed by atoms with E-state index in [4.69, 9.17) is 5.73 Å². The summed E-state index contributed by atoms with van der Waals surface area (Å²) in [5.41, 5.74) is 6.80. The first-order chi connectivity index (χ1) is 5.75. The van der Waals surface area contributed by atoms with Crippen LogP contribution in [0.4, 0.5) is 0 Å². The Kier molecular flexibility index (Phi) is 3.22. The van der Waals surface area contributed by atoms with Crippen molar-refractivity contribution >= 4 is 0 Å². The molecule has 0 aliphatic heterocycles. The Labute approximate surface area is 72.5 Å². The Morgan fingerprint density at radius 1 is 1.67 bits per heavy atom. The predicted octanol–water partition coefficient (Wildman–Crippen LogP) is 1.24. The highest BCUT2D eigenvalue weighted by atomic mass is 15.3. The second-order valence-electron chi connectivity index (χ2n) is 3.19. The van der Waals surface area contributed by atoms with E-state index in [2.05, 4.69) is 29.3 Å². The largest absolute Gasteiger partial charge is 0.322 e. The summed E-state index contributed by atoms with van der Waals surface area (Å²) < 4.78 is 0. The van der Waals surface area contributed by atoms with Gasteiger partial charge >= 0.3 is 0 Å². The smallest absolute Gasteiger partial charge is 0.0994 e. The molecule has 1 aromatic rings. The SMILES string of the molecule is CCCC(C)C(N)c1cn[nH]n1. The standard InChI is InChI=1S/C8H16N4/c1-3-4-6(2)8(9)7-5-10-12-11-7/h5-6,8H,3-4,9H2,1-2H3,(H,10,11,12). The minimum atomic E-state index is 0.0173. The van der Waals surface area contributed by atoms with Crippen molar-refractivity contribution in [3.8, 4) is 0 Å². The van der Waals surface area contributed by atoms with E-state index < -0.39 is 0 Å². The number of hydrogen-bond donors (Lipinski definition) is 2. The van der Waals surface area contributed by atoms with E-state index in [0.717, 1.165) is 18.5 Å². The maximum absolute atomic E-state index is 5.95. The van der Waals surface area contributed by atoms with Crippen LogP contribution in [-0.4, -0.2) is 15.4 Å². The number of H-pyrrole nitrogens is 1. The van der Waals surface area contributed by atoms with Crippen LogP contribution in [0.15, 0.2) is 6.20 Å². The van der Waals surface area contributed by atoms with E-state index in [9.17, 15) is 0 Å². The van der Waals surface area contributed by atoms with Crippen molar-refractivity contribution in [2.45, 2.75) is 32.7 Å². The van der Waals surface area contributed by atoms with Crippen LogP contribution in [-0.2, 0) is 0 Å². The lowest BCUT2D eigenvalue weighted by Crippen LogP contribution is -2.19. The minimum Gasteiger partial charge on any atom is -0.322 e. The van der Waals surface area contributed by atoms with E-state index in [-0.39, 0.29) is 6.04 Å². The van der Waals surface area contributed by atoms with Crippen LogP contribution < -0.4 is 5.73 Å². The summed E-state index contributed by atoms with van der Waals surface area (Å²) in [6.45, 7) is 4.30. The van der Waals surface area contributed by atoms with Crippen molar-refractivity contribution in [3.63, 3.8) is 0 Å². The van der Waals surface area contributed by atoms with Gasteiger partial charge in [-0.3, -0.25) is 0 Å². The number of nitrogens with two attached hydrogens (primary N) is 1. The van der Waals surface area contributed by atoms with Gasteiger partial charge in [0.1, 0.15) is 0 Å². The highest BCUT2D eigenvalue weighted by Gasteiger charge is 2.15. The van der Waals surface area contributed by atoms with Gasteiger partial charge in [0, 0.05) is 0 Å². The maximum atomic E-state index is 5.95. The molecule has 0 amide bonds. The Morgan fingerprint density at radius 2 is 2.42 bits per heavy atom. The van der Waals surface area contributed by atoms with Crippen molar-refractivity contribution in [1.82, 2.24) is 15.4 Å². The molecule has 0 bridgehead atoms. The van der Waals surface area contributed by atoms with Gasteiger partial charge in [0.15, 0.2) is 0 Å². The van der Waals surface area contributed by atoms with Gasteiger partial charge in [-0.15, -0.1) is 0 Å². The highest BCUT2D eigenvalue weighted by Crippen LogP contribution is 2.20. The maximum Gasteiger partial charge on any atom is 0.0994 e. The van der Waals surface area contributed by atoms with Crippen molar-refractivity contribution in [2.75, 3.05) is 0 Å². The molecule has 0 aromatic carbocycles. The molecule has 0 saturated carbocycles. The zero-order valence-corrected chi connectivity index (χ0v) is 7.62. The molecule has 4 nitrogen and oxygen atoms in total. The molecule has 0 aliphatic carbocycles. The average molecular weight is 168 g/mol. The first-order valence-corrected chi connectivity index (χ1v) is 4.37. The molecule has 2 atom stereocenters. The van der Waals surface area contributed by atoms with Crippen molar-refractivity contribution < 1.29 is 0 Å². The fourth-order valence-electron chi connectivity index (χ4n) is 1.30. The van der Waals surface area contributed by atoms with Gasteiger partial charge in [-0.2, -0.15) is 15.4 Å². The normalized spacial score (nSPS) is 15.9. The number of aromatic nitrogens is 3. The summed E-state index contributed by atoms with van der Waals surface area (Å²) in [7, 11) is 0. The van der Waals surface area contributed by atoms with E-state index >= 15 is 0 Å². The third-order valence-electron chi connectivity index (χ3n) is 2.13. The molecular formula is C8H16N4. The summed E-state index contributed by atoms with van der Waals surface area (Å²) in [4.78, 5) is 0. The molecular weight excluding hydrogens is 152 g/mol. The minimum absolute atomic E-state index is 0.0173. The highest BCUT2D eigenvalue weighted by molar-refractivity contribution is 4.99. The number of aromatic amines is 1. The lowest BCUT2D eigenvalue weighted by molar-refractivity contribution is 0.426. The molecule has 0 fully saturated rings. The Hall–Kier alpha value is -0.900. The molecule has 0 spiro atoms. The van der Waals surface area contributed by atoms with Crippen molar-refractivity contribution in [3.05, 3.63) is 11.9 Å². The molecule has 4 heteroatoms. The molecule has 12 heavy (non-hydrogen) atoms. The fraction of sp³-hybridized carbons (Fsp3) is 0.750. The molecule has 0 radical (unpaired) electrons. The second-order valence-corrected chi connectivity index (χ2v) is 3.19. The number of nitrogens with one attached hydrogen (secondary N) is 1. The second kappa shape index (κ2) is 4.21. The third-order valence-corrected chi connectivity index (χ3v) is 2.13. The first kappa shape index (κ1) is 9.19. The number of nitrogens with zero attached hydrogens (tertiary/aromatic N) is 2. The molecule has 3 N–H and O–H groups in total. The average Bonchev–Trinajstić information content (AvgIpc) is 2.55. The number of hydrogen-bond acceptors (Lipinski definition) is 3. The fourth-order valence-corrected chi connectivity index (χ4v) is 1.30. The van der Waals surface area contributed by atoms with Crippen LogP contribution in [0.2, 0.25) is 0 Å². The molecule has 1 rings (SSSR count). The molecule has 1 heterocycles. The molecule has 68 valence electrons. The van der Waals surface area contributed by atoms with Crippen LogP contribution >= 0.6 is 0 Å². The Morgan fingerprint density at radius 3 is 2.92 bits per heavy atom. The number of rotatable bonds is 4. The third kappa shape index (κ3) is 2.04. The van der Waals surface area contributed by atoms with Gasteiger partial charge < -0.3 is 5.73 Å². The molecule has 0 aliphatic rings. The van der Waals surface area contributed by atoms with Gasteiger partial charge in [-0.1, -0.05) is 20.3 Å². The van der Waals surface area contributed by atoms with Crippen LogP contribution in [0.3, 0.4) is 0 Å². The zero-order chi connectivity index (χ0) is 8.97. The van der Waals surface area contributed by atoms with Gasteiger partial charge in [0.25, 0.3) is 0 Å². The first-order valence-electron chi connectivity index (χ1n) is 4.37. The summed E-state index contributed by atoms with van der Waals surface area (Å²) in [6, 6.07) is 0.0173. The van der Waals surface area contributed by atoms with Crippen LogP contribution in [0.5, 0.6) is 0 Å². The van der Waals surface area contributed by atoms with Crippen LogP contribution in [0, 0.1) is 5.92 Å². The van der Waals surface area contributed by atoms with E-state index in [0.29, 0.717) is 5.92 Å². The predicted molar refractivity (Wildman–Crippen MR) is 47.4 cm³/mol. The van der Waals surface area contributed by atoms with Gasteiger partial charge in [-0.05, 0) is 12.3 Å². The summed E-state index contributed by atoms with van der Waals surface area (Å²) >= 11 is 0.